The first kappa shape index (κ1) is 19.8. The zero-order chi connectivity index (χ0) is 21.3. The number of nitro groups is 1. The summed E-state index contributed by atoms with van der Waals surface area (Å²) in [6.45, 7) is 0. The van der Waals surface area contributed by atoms with Crippen molar-refractivity contribution in [3.63, 3.8) is 0 Å². The standard InChI is InChI=1S/C18H14N6O4S2/c1-23(2)11-5-3-10(4-6-11)9-13-15(25)19-17(29-13)20-18-22-21-16(30-18)12-7-8-14(28-12)24(26)27/h3-9H,1-2H3,(H,19,20,22,25). The molecule has 0 unspecified atom stereocenters. The normalized spacial score (nSPS) is 16.3. The molecule has 1 aromatic carbocycles. The minimum absolute atomic E-state index is 0.232. The molecule has 10 nitrogen and oxygen atoms in total. The number of amidine groups is 1. The molecule has 152 valence electrons. The summed E-state index contributed by atoms with van der Waals surface area (Å²) in [5, 5.41) is 22.3. The van der Waals surface area contributed by atoms with Gasteiger partial charge < -0.3 is 14.6 Å². The Labute approximate surface area is 178 Å². The number of carbonyl (C=O) groups is 1. The van der Waals surface area contributed by atoms with Crippen LogP contribution in [-0.4, -0.2) is 40.3 Å². The van der Waals surface area contributed by atoms with Crippen LogP contribution in [0.2, 0.25) is 0 Å². The van der Waals surface area contributed by atoms with E-state index in [0.29, 0.717) is 20.2 Å². The summed E-state index contributed by atoms with van der Waals surface area (Å²) < 4.78 is 5.11. The molecule has 1 aliphatic rings. The minimum atomic E-state index is -0.627. The van der Waals surface area contributed by atoms with Crippen LogP contribution in [0.25, 0.3) is 16.8 Å². The number of nitrogens with zero attached hydrogens (tertiary/aromatic N) is 5. The lowest BCUT2D eigenvalue weighted by Gasteiger charge is -2.11. The number of anilines is 1. The van der Waals surface area contributed by atoms with Gasteiger partial charge in [0.1, 0.15) is 4.92 Å². The summed E-state index contributed by atoms with van der Waals surface area (Å²) in [5.41, 5.74) is 1.97. The van der Waals surface area contributed by atoms with E-state index in [0.717, 1.165) is 22.6 Å². The number of aliphatic imine (C=N–C) groups is 1. The molecule has 0 aliphatic carbocycles. The zero-order valence-electron chi connectivity index (χ0n) is 15.7. The lowest BCUT2D eigenvalue weighted by molar-refractivity contribution is -0.401. The second-order valence-corrected chi connectivity index (χ2v) is 8.24. The van der Waals surface area contributed by atoms with Gasteiger partial charge in [0.2, 0.25) is 5.13 Å². The highest BCUT2D eigenvalue weighted by atomic mass is 32.2. The molecular weight excluding hydrogens is 428 g/mol. The van der Waals surface area contributed by atoms with Gasteiger partial charge in [-0.25, -0.2) is 0 Å². The average molecular weight is 442 g/mol. The molecular formula is C18H14N6O4S2. The second kappa shape index (κ2) is 8.08. The molecule has 1 aliphatic heterocycles. The minimum Gasteiger partial charge on any atom is -0.398 e. The summed E-state index contributed by atoms with van der Waals surface area (Å²) in [6, 6.07) is 10.5. The van der Waals surface area contributed by atoms with Gasteiger partial charge >= 0.3 is 5.88 Å². The van der Waals surface area contributed by atoms with Gasteiger partial charge in [0.05, 0.1) is 11.0 Å². The fourth-order valence-electron chi connectivity index (χ4n) is 2.49. The summed E-state index contributed by atoms with van der Waals surface area (Å²) in [6.07, 6.45) is 1.79. The van der Waals surface area contributed by atoms with E-state index in [2.05, 4.69) is 20.5 Å². The van der Waals surface area contributed by atoms with Gasteiger partial charge in [0, 0.05) is 19.8 Å². The van der Waals surface area contributed by atoms with E-state index < -0.39 is 4.92 Å². The number of hydrogen-bond donors (Lipinski definition) is 1. The lowest BCUT2D eigenvalue weighted by atomic mass is 10.2. The van der Waals surface area contributed by atoms with Crippen molar-refractivity contribution in [3.05, 3.63) is 57.0 Å². The van der Waals surface area contributed by atoms with Crippen molar-refractivity contribution in [1.29, 1.82) is 0 Å². The molecule has 0 saturated carbocycles. The Kier molecular flexibility index (Phi) is 5.33. The third kappa shape index (κ3) is 4.23. The van der Waals surface area contributed by atoms with Gasteiger partial charge in [-0.2, -0.15) is 4.99 Å². The predicted octanol–water partition coefficient (Wildman–Crippen LogP) is 3.66. The van der Waals surface area contributed by atoms with Crippen molar-refractivity contribution >= 4 is 57.0 Å². The van der Waals surface area contributed by atoms with Crippen LogP contribution in [0.4, 0.5) is 16.7 Å². The Morgan fingerprint density at radius 3 is 2.63 bits per heavy atom. The molecule has 12 heteroatoms. The molecule has 0 bridgehead atoms. The largest absolute Gasteiger partial charge is 0.433 e. The first-order valence-corrected chi connectivity index (χ1v) is 10.2. The number of rotatable bonds is 5. The van der Waals surface area contributed by atoms with E-state index in [-0.39, 0.29) is 17.6 Å². The van der Waals surface area contributed by atoms with E-state index in [1.165, 1.54) is 23.9 Å². The van der Waals surface area contributed by atoms with E-state index in [1.807, 2.05) is 43.3 Å². The lowest BCUT2D eigenvalue weighted by Crippen LogP contribution is -2.19. The van der Waals surface area contributed by atoms with Crippen molar-refractivity contribution in [2.24, 2.45) is 4.99 Å². The van der Waals surface area contributed by atoms with E-state index in [4.69, 9.17) is 4.42 Å². The maximum atomic E-state index is 12.2. The number of furan rings is 1. The number of carbonyl (C=O) groups excluding carboxylic acids is 1. The van der Waals surface area contributed by atoms with Gasteiger partial charge in [-0.15, -0.1) is 10.2 Å². The third-order valence-electron chi connectivity index (χ3n) is 3.95. The maximum absolute atomic E-state index is 12.2. The third-order valence-corrected chi connectivity index (χ3v) is 5.69. The highest BCUT2D eigenvalue weighted by Crippen LogP contribution is 2.33. The number of aromatic nitrogens is 2. The average Bonchev–Trinajstić information content (AvgIpc) is 3.43. The number of thioether (sulfide) groups is 1. The van der Waals surface area contributed by atoms with E-state index in [9.17, 15) is 14.9 Å². The van der Waals surface area contributed by atoms with Crippen molar-refractivity contribution < 1.29 is 14.1 Å². The van der Waals surface area contributed by atoms with Crippen molar-refractivity contribution in [2.75, 3.05) is 19.0 Å². The highest BCUT2D eigenvalue weighted by Gasteiger charge is 2.24. The Morgan fingerprint density at radius 1 is 1.20 bits per heavy atom. The monoisotopic (exact) mass is 442 g/mol. The molecule has 4 rings (SSSR count). The fraction of sp³-hybridized carbons (Fsp3) is 0.111. The fourth-order valence-corrected chi connectivity index (χ4v) is 4.05. The molecule has 1 amide bonds. The van der Waals surface area contributed by atoms with Crippen LogP contribution in [0.5, 0.6) is 0 Å². The molecule has 2 aromatic heterocycles. The van der Waals surface area contributed by atoms with Crippen LogP contribution < -0.4 is 10.2 Å². The quantitative estimate of drug-likeness (QED) is 0.360. The van der Waals surface area contributed by atoms with Crippen molar-refractivity contribution in [2.45, 2.75) is 0 Å². The molecule has 3 heterocycles. The molecule has 1 fully saturated rings. The van der Waals surface area contributed by atoms with Gasteiger partial charge in [0.25, 0.3) is 5.91 Å². The van der Waals surface area contributed by atoms with Crippen LogP contribution in [0.1, 0.15) is 5.56 Å². The summed E-state index contributed by atoms with van der Waals surface area (Å²) >= 11 is 2.29. The van der Waals surface area contributed by atoms with E-state index >= 15 is 0 Å². The van der Waals surface area contributed by atoms with Gasteiger partial charge in [0.15, 0.2) is 15.9 Å². The first-order chi connectivity index (χ1) is 14.4. The summed E-state index contributed by atoms with van der Waals surface area (Å²) in [5.74, 6) is -0.391. The van der Waals surface area contributed by atoms with Crippen LogP contribution in [0.15, 0.2) is 50.7 Å². The van der Waals surface area contributed by atoms with Crippen molar-refractivity contribution in [1.82, 2.24) is 15.5 Å². The van der Waals surface area contributed by atoms with Crippen molar-refractivity contribution in [3.8, 4) is 10.8 Å². The number of benzene rings is 1. The molecule has 3 aromatic rings. The molecule has 30 heavy (non-hydrogen) atoms. The second-order valence-electron chi connectivity index (χ2n) is 6.25. The highest BCUT2D eigenvalue weighted by molar-refractivity contribution is 8.18. The topological polar surface area (TPSA) is 127 Å². The zero-order valence-corrected chi connectivity index (χ0v) is 17.4. The van der Waals surface area contributed by atoms with Gasteiger partial charge in [-0.1, -0.05) is 23.5 Å². The van der Waals surface area contributed by atoms with E-state index in [1.54, 1.807) is 6.08 Å². The van der Waals surface area contributed by atoms with Crippen LogP contribution in [0.3, 0.4) is 0 Å². The Hall–Kier alpha value is -3.51. The molecule has 1 saturated heterocycles. The Bertz CT molecular complexity index is 1180. The van der Waals surface area contributed by atoms with Crippen LogP contribution >= 0.6 is 23.1 Å². The molecule has 0 spiro atoms. The number of hydrogen-bond acceptors (Lipinski definition) is 10. The van der Waals surface area contributed by atoms with Crippen LogP contribution in [0, 0.1) is 10.1 Å². The smallest absolute Gasteiger partial charge is 0.398 e. The summed E-state index contributed by atoms with van der Waals surface area (Å²) in [7, 11) is 3.92. The van der Waals surface area contributed by atoms with Gasteiger partial charge in [-0.3, -0.25) is 14.9 Å². The Balaban J connectivity index is 1.49. The SMILES string of the molecule is CN(C)c1ccc(C=C2SC(=Nc3nnc(-c4ccc([N+](=O)[O-])o4)s3)NC2=O)cc1. The number of nitrogens with one attached hydrogen (secondary N) is 1. The number of amides is 1. The molecule has 0 atom stereocenters. The maximum Gasteiger partial charge on any atom is 0.433 e. The van der Waals surface area contributed by atoms with Crippen LogP contribution in [-0.2, 0) is 4.79 Å². The Morgan fingerprint density at radius 2 is 1.97 bits per heavy atom. The summed E-state index contributed by atoms with van der Waals surface area (Å²) in [4.78, 5) is 29.2. The first-order valence-electron chi connectivity index (χ1n) is 8.54. The predicted molar refractivity (Wildman–Crippen MR) is 116 cm³/mol. The molecule has 0 radical (unpaired) electrons. The van der Waals surface area contributed by atoms with Gasteiger partial charge in [-0.05, 0) is 41.6 Å². The molecule has 1 N–H and O–H groups in total.